The lowest BCUT2D eigenvalue weighted by Gasteiger charge is -2.32. The number of aromatic nitrogens is 1. The quantitative estimate of drug-likeness (QED) is 0.604. The van der Waals surface area contributed by atoms with Crippen LogP contribution in [-0.2, 0) is 9.47 Å². The van der Waals surface area contributed by atoms with Gasteiger partial charge in [0.15, 0.2) is 0 Å². The molecule has 7 heteroatoms. The third-order valence-electron chi connectivity index (χ3n) is 4.68. The van der Waals surface area contributed by atoms with Crippen LogP contribution in [0.5, 0.6) is 0 Å². The molecular weight excluding hydrogens is 370 g/mol. The van der Waals surface area contributed by atoms with Crippen LogP contribution >= 0.6 is 0 Å². The second kappa shape index (κ2) is 9.73. The van der Waals surface area contributed by atoms with Gasteiger partial charge in [-0.25, -0.2) is 20.0 Å². The normalized spacial score (nSPS) is 17.6. The maximum atomic E-state index is 12.6. The lowest BCUT2D eigenvalue weighted by atomic mass is 9.89. The van der Waals surface area contributed by atoms with E-state index in [-0.39, 0.29) is 25.2 Å². The summed E-state index contributed by atoms with van der Waals surface area (Å²) in [5, 5.41) is 1.24. The van der Waals surface area contributed by atoms with Gasteiger partial charge in [-0.1, -0.05) is 42.5 Å². The average Bonchev–Trinajstić information content (AvgIpc) is 3.22. The summed E-state index contributed by atoms with van der Waals surface area (Å²) in [6, 6.07) is 13.4. The van der Waals surface area contributed by atoms with E-state index in [1.807, 2.05) is 54.6 Å². The van der Waals surface area contributed by atoms with Crippen molar-refractivity contribution in [2.24, 2.45) is 0 Å². The molecule has 2 atom stereocenters. The Kier molecular flexibility index (Phi) is 6.84. The van der Waals surface area contributed by atoms with E-state index < -0.39 is 12.2 Å². The SMILES string of the molecule is CCOC(=O)NN(C(=O)OCC)[C@H]1CC=C[C@@H]1c1ccccc1-c1ccccn1. The first-order chi connectivity index (χ1) is 14.2. The number of nitrogens with one attached hydrogen (secondary N) is 1. The Morgan fingerprint density at radius 2 is 1.86 bits per heavy atom. The van der Waals surface area contributed by atoms with Gasteiger partial charge in [0.1, 0.15) is 0 Å². The first kappa shape index (κ1) is 20.4. The number of carbonyl (C=O) groups is 2. The highest BCUT2D eigenvalue weighted by Gasteiger charge is 2.36. The number of amides is 2. The lowest BCUT2D eigenvalue weighted by molar-refractivity contribution is 0.0541. The molecule has 0 spiro atoms. The Hall–Kier alpha value is -3.35. The van der Waals surface area contributed by atoms with E-state index in [1.165, 1.54) is 5.01 Å². The Morgan fingerprint density at radius 1 is 1.10 bits per heavy atom. The third kappa shape index (κ3) is 4.74. The maximum Gasteiger partial charge on any atom is 0.429 e. The van der Waals surface area contributed by atoms with Crippen molar-refractivity contribution in [1.29, 1.82) is 0 Å². The molecule has 1 heterocycles. The largest absolute Gasteiger partial charge is 0.449 e. The van der Waals surface area contributed by atoms with Crippen molar-refractivity contribution in [2.75, 3.05) is 13.2 Å². The van der Waals surface area contributed by atoms with E-state index in [0.29, 0.717) is 6.42 Å². The molecule has 0 bridgehead atoms. The summed E-state index contributed by atoms with van der Waals surface area (Å²) in [6.07, 6.45) is 5.07. The zero-order chi connectivity index (χ0) is 20.6. The van der Waals surface area contributed by atoms with E-state index in [9.17, 15) is 9.59 Å². The average molecular weight is 395 g/mol. The second-order valence-corrected chi connectivity index (χ2v) is 6.46. The number of hydrogen-bond donors (Lipinski definition) is 1. The molecule has 0 unspecified atom stereocenters. The molecule has 1 aromatic heterocycles. The third-order valence-corrected chi connectivity index (χ3v) is 4.68. The molecule has 7 nitrogen and oxygen atoms in total. The highest BCUT2D eigenvalue weighted by Crippen LogP contribution is 2.37. The summed E-state index contributed by atoms with van der Waals surface area (Å²) in [6.45, 7) is 3.84. The van der Waals surface area contributed by atoms with Gasteiger partial charge < -0.3 is 9.47 Å². The summed E-state index contributed by atoms with van der Waals surface area (Å²) in [4.78, 5) is 29.1. The number of benzene rings is 1. The van der Waals surface area contributed by atoms with Gasteiger partial charge in [-0.05, 0) is 38.0 Å². The van der Waals surface area contributed by atoms with E-state index in [4.69, 9.17) is 9.47 Å². The van der Waals surface area contributed by atoms with Gasteiger partial charge in [0, 0.05) is 17.7 Å². The molecule has 0 radical (unpaired) electrons. The fourth-order valence-corrected chi connectivity index (χ4v) is 3.48. The van der Waals surface area contributed by atoms with Gasteiger partial charge >= 0.3 is 12.2 Å². The van der Waals surface area contributed by atoms with Crippen LogP contribution in [0, 0.1) is 0 Å². The first-order valence-corrected chi connectivity index (χ1v) is 9.72. The molecule has 152 valence electrons. The van der Waals surface area contributed by atoms with Crippen molar-refractivity contribution >= 4 is 12.2 Å². The molecule has 1 aromatic carbocycles. The number of carbonyl (C=O) groups excluding carboxylic acids is 2. The van der Waals surface area contributed by atoms with Crippen LogP contribution in [0.15, 0.2) is 60.8 Å². The number of pyridine rings is 1. The molecule has 1 aliphatic rings. The standard InChI is InChI=1S/C22H25N3O4/c1-3-28-21(26)24-25(22(27)29-4-2)20-14-9-12-18(20)16-10-5-6-11-17(16)19-13-7-8-15-23-19/h5-13,15,18,20H,3-4,14H2,1-2H3,(H,24,26)/t18-,20+/m1/s1. The van der Waals surface area contributed by atoms with Gasteiger partial charge in [-0.2, -0.15) is 0 Å². The smallest absolute Gasteiger partial charge is 0.429 e. The van der Waals surface area contributed by atoms with Crippen molar-refractivity contribution in [3.63, 3.8) is 0 Å². The summed E-state index contributed by atoms with van der Waals surface area (Å²) in [5.41, 5.74) is 5.40. The van der Waals surface area contributed by atoms with Crippen molar-refractivity contribution in [2.45, 2.75) is 32.2 Å². The molecule has 29 heavy (non-hydrogen) atoms. The monoisotopic (exact) mass is 395 g/mol. The van der Waals surface area contributed by atoms with Crippen LogP contribution in [0.4, 0.5) is 9.59 Å². The zero-order valence-electron chi connectivity index (χ0n) is 16.6. The van der Waals surface area contributed by atoms with E-state index in [2.05, 4.69) is 10.4 Å². The predicted molar refractivity (Wildman–Crippen MR) is 109 cm³/mol. The minimum Gasteiger partial charge on any atom is -0.449 e. The molecule has 1 aliphatic carbocycles. The second-order valence-electron chi connectivity index (χ2n) is 6.46. The Bertz CT molecular complexity index is 869. The van der Waals surface area contributed by atoms with Crippen molar-refractivity contribution in [3.8, 4) is 11.3 Å². The summed E-state index contributed by atoms with van der Waals surface area (Å²) < 4.78 is 10.1. The van der Waals surface area contributed by atoms with E-state index in [0.717, 1.165) is 16.8 Å². The number of nitrogens with zero attached hydrogens (tertiary/aromatic N) is 2. The Balaban J connectivity index is 1.94. The number of rotatable bonds is 5. The van der Waals surface area contributed by atoms with Gasteiger partial charge in [0.05, 0.1) is 24.9 Å². The topological polar surface area (TPSA) is 80.8 Å². The molecule has 0 fully saturated rings. The predicted octanol–water partition coefficient (Wildman–Crippen LogP) is 4.28. The fraction of sp³-hybridized carbons (Fsp3) is 0.318. The number of hydrogen-bond acceptors (Lipinski definition) is 5. The summed E-state index contributed by atoms with van der Waals surface area (Å²) >= 11 is 0. The van der Waals surface area contributed by atoms with Crippen LogP contribution in [0.25, 0.3) is 11.3 Å². The molecule has 2 aromatic rings. The van der Waals surface area contributed by atoms with Crippen LogP contribution in [0.1, 0.15) is 31.7 Å². The van der Waals surface area contributed by atoms with Crippen LogP contribution in [0.3, 0.4) is 0 Å². The molecule has 0 saturated carbocycles. The Morgan fingerprint density at radius 3 is 2.59 bits per heavy atom. The fourth-order valence-electron chi connectivity index (χ4n) is 3.48. The molecular formula is C22H25N3O4. The van der Waals surface area contributed by atoms with Crippen LogP contribution in [0.2, 0.25) is 0 Å². The van der Waals surface area contributed by atoms with Crippen molar-refractivity contribution in [1.82, 2.24) is 15.4 Å². The van der Waals surface area contributed by atoms with E-state index >= 15 is 0 Å². The summed E-state index contributed by atoms with van der Waals surface area (Å²) in [5.74, 6) is -0.139. The van der Waals surface area contributed by atoms with Gasteiger partial charge in [0.2, 0.25) is 0 Å². The highest BCUT2D eigenvalue weighted by atomic mass is 16.6. The van der Waals surface area contributed by atoms with Crippen molar-refractivity contribution < 1.29 is 19.1 Å². The van der Waals surface area contributed by atoms with Crippen LogP contribution < -0.4 is 5.43 Å². The Labute approximate surface area is 170 Å². The maximum absolute atomic E-state index is 12.6. The molecule has 1 N–H and O–H groups in total. The van der Waals surface area contributed by atoms with Crippen molar-refractivity contribution in [3.05, 3.63) is 66.4 Å². The molecule has 3 rings (SSSR count). The molecule has 0 aliphatic heterocycles. The molecule has 2 amide bonds. The summed E-state index contributed by atoms with van der Waals surface area (Å²) in [7, 11) is 0. The van der Waals surface area contributed by atoms with Gasteiger partial charge in [-0.3, -0.25) is 4.98 Å². The van der Waals surface area contributed by atoms with E-state index in [1.54, 1.807) is 20.0 Å². The van der Waals surface area contributed by atoms with Gasteiger partial charge in [-0.15, -0.1) is 0 Å². The first-order valence-electron chi connectivity index (χ1n) is 9.72. The number of hydrazine groups is 1. The number of ether oxygens (including phenoxy) is 2. The minimum absolute atomic E-state index is 0.139. The van der Waals surface area contributed by atoms with Crippen LogP contribution in [-0.4, -0.2) is 41.4 Å². The van der Waals surface area contributed by atoms with Gasteiger partial charge in [0.25, 0.3) is 0 Å². The molecule has 0 saturated heterocycles. The minimum atomic E-state index is -0.691. The highest BCUT2D eigenvalue weighted by molar-refractivity contribution is 5.75. The lowest BCUT2D eigenvalue weighted by Crippen LogP contribution is -2.53. The zero-order valence-corrected chi connectivity index (χ0v) is 16.6.